The lowest BCUT2D eigenvalue weighted by Crippen LogP contribution is -2.55. The van der Waals surface area contributed by atoms with E-state index in [0.29, 0.717) is 25.9 Å². The molecule has 0 aromatic rings. The van der Waals surface area contributed by atoms with E-state index >= 15 is 0 Å². The first-order chi connectivity index (χ1) is 14.8. The first kappa shape index (κ1) is 24.4. The van der Waals surface area contributed by atoms with Crippen molar-refractivity contribution >= 4 is 29.5 Å². The molecule has 0 aromatic carbocycles. The summed E-state index contributed by atoms with van der Waals surface area (Å²) in [5.74, 6) is -1.07. The number of carbonyl (C=O) groups excluding carboxylic acids is 3. The summed E-state index contributed by atoms with van der Waals surface area (Å²) >= 11 is 1.71. The molecule has 7 nitrogen and oxygen atoms in total. The zero-order valence-electron chi connectivity index (χ0n) is 19.4. The van der Waals surface area contributed by atoms with E-state index in [1.165, 1.54) is 0 Å². The molecule has 0 aromatic heterocycles. The second-order valence-electron chi connectivity index (χ2n) is 9.68. The lowest BCUT2D eigenvalue weighted by molar-refractivity contribution is -0.140. The standard InChI is InChI=1S/C23H39N3O4S/c1-5-9-15(3)25-20(29)18-23-11-10-22(4,31-23)16(19(28)24-12-6-2)17(23)21(30)26(18)13-7-8-14-27/h15-18,27H,5-14H2,1-4H3,(H,24,28)(H,25,29)/t15?,16-,17-,18?,22+,23?/m0/s1. The maximum atomic E-state index is 13.7. The fraction of sp³-hybridized carbons (Fsp3) is 0.870. The maximum Gasteiger partial charge on any atom is 0.244 e. The zero-order valence-corrected chi connectivity index (χ0v) is 20.2. The van der Waals surface area contributed by atoms with Crippen LogP contribution in [-0.4, -0.2) is 69.0 Å². The minimum absolute atomic E-state index is 0.0465. The van der Waals surface area contributed by atoms with Crippen LogP contribution >= 0.6 is 11.8 Å². The summed E-state index contributed by atoms with van der Waals surface area (Å²) < 4.78 is -0.863. The number of unbranched alkanes of at least 4 members (excludes halogenated alkanes) is 1. The van der Waals surface area contributed by atoms with Crippen LogP contribution in [0.15, 0.2) is 0 Å². The highest BCUT2D eigenvalue weighted by atomic mass is 32.2. The Balaban J connectivity index is 1.94. The third kappa shape index (κ3) is 4.22. The Labute approximate surface area is 190 Å². The fourth-order valence-electron chi connectivity index (χ4n) is 5.95. The van der Waals surface area contributed by atoms with Gasteiger partial charge in [0, 0.05) is 30.5 Å². The van der Waals surface area contributed by atoms with Crippen LogP contribution < -0.4 is 10.6 Å². The first-order valence-electron chi connectivity index (χ1n) is 11.9. The highest BCUT2D eigenvalue weighted by Gasteiger charge is 2.76. The zero-order chi connectivity index (χ0) is 22.8. The Kier molecular flexibility index (Phi) is 7.62. The minimum Gasteiger partial charge on any atom is -0.396 e. The van der Waals surface area contributed by atoms with Crippen molar-refractivity contribution in [1.29, 1.82) is 0 Å². The van der Waals surface area contributed by atoms with Crippen molar-refractivity contribution in [2.75, 3.05) is 19.7 Å². The van der Waals surface area contributed by atoms with E-state index in [2.05, 4.69) is 24.5 Å². The highest BCUT2D eigenvalue weighted by molar-refractivity contribution is 8.02. The molecule has 3 heterocycles. The monoisotopic (exact) mass is 453 g/mol. The van der Waals surface area contributed by atoms with E-state index in [1.807, 2.05) is 13.8 Å². The molecule has 3 aliphatic heterocycles. The third-order valence-corrected chi connectivity index (χ3v) is 9.26. The van der Waals surface area contributed by atoms with Crippen LogP contribution in [0.1, 0.15) is 72.6 Å². The molecule has 0 aliphatic carbocycles. The molecular formula is C23H39N3O4S. The van der Waals surface area contributed by atoms with Gasteiger partial charge in [-0.1, -0.05) is 20.3 Å². The van der Waals surface area contributed by atoms with E-state index in [9.17, 15) is 19.5 Å². The third-order valence-electron chi connectivity index (χ3n) is 7.27. The number of nitrogens with one attached hydrogen (secondary N) is 2. The number of fused-ring (bicyclic) bond motifs is 1. The average molecular weight is 454 g/mol. The number of hydrogen-bond donors (Lipinski definition) is 3. The van der Waals surface area contributed by atoms with Crippen molar-refractivity contribution < 1.29 is 19.5 Å². The van der Waals surface area contributed by atoms with E-state index in [1.54, 1.807) is 16.7 Å². The van der Waals surface area contributed by atoms with E-state index in [-0.39, 0.29) is 35.1 Å². The van der Waals surface area contributed by atoms with Gasteiger partial charge in [-0.05, 0) is 52.4 Å². The summed E-state index contributed by atoms with van der Waals surface area (Å²) in [4.78, 5) is 42.1. The van der Waals surface area contributed by atoms with Gasteiger partial charge in [0.25, 0.3) is 0 Å². The number of amides is 3. The summed E-state index contributed by atoms with van der Waals surface area (Å²) in [5, 5.41) is 15.4. The van der Waals surface area contributed by atoms with Crippen molar-refractivity contribution in [3.05, 3.63) is 0 Å². The quantitative estimate of drug-likeness (QED) is 0.416. The smallest absolute Gasteiger partial charge is 0.244 e. The van der Waals surface area contributed by atoms with Gasteiger partial charge in [0.2, 0.25) is 17.7 Å². The normalized spacial score (nSPS) is 34.7. The Morgan fingerprint density at radius 1 is 1.23 bits per heavy atom. The number of thioether (sulfide) groups is 1. The van der Waals surface area contributed by atoms with Crippen LogP contribution in [0.25, 0.3) is 0 Å². The predicted octanol–water partition coefficient (Wildman–Crippen LogP) is 2.07. The van der Waals surface area contributed by atoms with Crippen molar-refractivity contribution in [1.82, 2.24) is 15.5 Å². The summed E-state index contributed by atoms with van der Waals surface area (Å²) in [6.45, 7) is 9.31. The van der Waals surface area contributed by atoms with Gasteiger partial charge < -0.3 is 20.6 Å². The van der Waals surface area contributed by atoms with Crippen molar-refractivity contribution in [2.24, 2.45) is 11.8 Å². The van der Waals surface area contributed by atoms with Crippen LogP contribution in [0.3, 0.4) is 0 Å². The van der Waals surface area contributed by atoms with Crippen LogP contribution in [0.5, 0.6) is 0 Å². The molecule has 3 fully saturated rings. The number of likely N-dealkylation sites (tertiary alicyclic amines) is 1. The van der Waals surface area contributed by atoms with Gasteiger partial charge in [0.05, 0.1) is 16.6 Å². The number of hydrogen-bond acceptors (Lipinski definition) is 5. The molecule has 3 saturated heterocycles. The number of aliphatic hydroxyl groups is 1. The topological polar surface area (TPSA) is 98.7 Å². The molecule has 6 atom stereocenters. The Morgan fingerprint density at radius 3 is 2.61 bits per heavy atom. The number of rotatable bonds is 11. The van der Waals surface area contributed by atoms with Gasteiger partial charge in [-0.2, -0.15) is 0 Å². The molecule has 1 spiro atoms. The number of carbonyl (C=O) groups is 3. The van der Waals surface area contributed by atoms with Gasteiger partial charge in [0.15, 0.2) is 0 Å². The van der Waals surface area contributed by atoms with Crippen LogP contribution in [0.4, 0.5) is 0 Å². The van der Waals surface area contributed by atoms with Gasteiger partial charge in [0.1, 0.15) is 6.04 Å². The van der Waals surface area contributed by atoms with Gasteiger partial charge >= 0.3 is 0 Å². The number of aliphatic hydroxyl groups excluding tert-OH is 1. The van der Waals surface area contributed by atoms with Crippen LogP contribution in [-0.2, 0) is 14.4 Å². The second-order valence-corrected chi connectivity index (χ2v) is 11.6. The summed E-state index contributed by atoms with van der Waals surface area (Å²) in [5.41, 5.74) is 0. The molecule has 0 radical (unpaired) electrons. The molecular weight excluding hydrogens is 414 g/mol. The summed E-state index contributed by atoms with van der Waals surface area (Å²) in [7, 11) is 0. The Morgan fingerprint density at radius 2 is 1.97 bits per heavy atom. The summed E-state index contributed by atoms with van der Waals surface area (Å²) in [6.07, 6.45) is 5.57. The lowest BCUT2D eigenvalue weighted by Gasteiger charge is -2.35. The minimum atomic E-state index is -0.557. The van der Waals surface area contributed by atoms with E-state index < -0.39 is 22.6 Å². The molecule has 8 heteroatoms. The lowest BCUT2D eigenvalue weighted by atomic mass is 9.66. The SMILES string of the molecule is CCCNC(=O)[C@@H]1[C@H]2C(=O)N(CCCCO)C(C(=O)NC(C)CCC)C23CC[C@@]1(C)S3. The van der Waals surface area contributed by atoms with Crippen molar-refractivity contribution in [2.45, 2.75) is 94.2 Å². The van der Waals surface area contributed by atoms with E-state index in [0.717, 1.165) is 32.1 Å². The van der Waals surface area contributed by atoms with Gasteiger partial charge in [-0.15, -0.1) is 11.8 Å². The van der Waals surface area contributed by atoms with Crippen molar-refractivity contribution in [3.63, 3.8) is 0 Å². The molecule has 31 heavy (non-hydrogen) atoms. The maximum absolute atomic E-state index is 13.7. The van der Waals surface area contributed by atoms with Crippen LogP contribution in [0.2, 0.25) is 0 Å². The molecule has 176 valence electrons. The van der Waals surface area contributed by atoms with Gasteiger partial charge in [-0.25, -0.2) is 0 Å². The fourth-order valence-corrected chi connectivity index (χ4v) is 8.30. The average Bonchev–Trinajstić information content (AvgIpc) is 3.27. The van der Waals surface area contributed by atoms with Gasteiger partial charge in [-0.3, -0.25) is 14.4 Å². The molecule has 3 amide bonds. The molecule has 3 N–H and O–H groups in total. The molecule has 0 saturated carbocycles. The predicted molar refractivity (Wildman–Crippen MR) is 123 cm³/mol. The highest BCUT2D eigenvalue weighted by Crippen LogP contribution is 2.71. The Hall–Kier alpha value is -1.28. The first-order valence-corrected chi connectivity index (χ1v) is 12.8. The number of nitrogens with zero attached hydrogens (tertiary/aromatic N) is 1. The van der Waals surface area contributed by atoms with E-state index in [4.69, 9.17) is 0 Å². The summed E-state index contributed by atoms with van der Waals surface area (Å²) in [6, 6.07) is -0.510. The van der Waals surface area contributed by atoms with Crippen LogP contribution in [0, 0.1) is 11.8 Å². The molecule has 3 aliphatic rings. The molecule has 3 rings (SSSR count). The van der Waals surface area contributed by atoms with Crippen molar-refractivity contribution in [3.8, 4) is 0 Å². The molecule has 2 bridgehead atoms. The Bertz CT molecular complexity index is 704. The largest absolute Gasteiger partial charge is 0.396 e. The molecule has 3 unspecified atom stereocenters. The second kappa shape index (κ2) is 9.69.